The Kier molecular flexibility index (Phi) is 5.81. The highest BCUT2D eigenvalue weighted by Gasteiger charge is 2.08. The van der Waals surface area contributed by atoms with Crippen LogP contribution in [0, 0.1) is 0 Å². The Balaban J connectivity index is 1.93. The number of halogens is 1. The van der Waals surface area contributed by atoms with Crippen molar-refractivity contribution in [2.75, 3.05) is 6.61 Å². The van der Waals surface area contributed by atoms with E-state index < -0.39 is 0 Å². The van der Waals surface area contributed by atoms with Gasteiger partial charge in [0.05, 0.1) is 12.2 Å². The number of rotatable bonds is 6. The van der Waals surface area contributed by atoms with Crippen LogP contribution >= 0.6 is 15.9 Å². The van der Waals surface area contributed by atoms with E-state index in [1.807, 2.05) is 0 Å². The lowest BCUT2D eigenvalue weighted by Crippen LogP contribution is -2.08. The molecule has 0 saturated carbocycles. The first-order chi connectivity index (χ1) is 10.2. The van der Waals surface area contributed by atoms with Gasteiger partial charge in [-0.1, -0.05) is 29.3 Å². The molecule has 0 aliphatic rings. The molecular formula is C17H17BrO3. The standard InChI is InChI=1S/C17H17BrO3/c1-2-3-12-20-15-8-10-16(11-9-15)21-17(19)13-4-6-14(18)7-5-13/h4-11H,2-3,12H2,1H3. The Labute approximate surface area is 133 Å². The maximum absolute atomic E-state index is 12.0. The number of carbonyl (C=O) groups excluding carboxylic acids is 1. The monoisotopic (exact) mass is 348 g/mol. The average Bonchev–Trinajstić information content (AvgIpc) is 2.50. The molecule has 0 aliphatic carbocycles. The van der Waals surface area contributed by atoms with Crippen molar-refractivity contribution in [3.8, 4) is 11.5 Å². The third-order valence-electron chi connectivity index (χ3n) is 2.88. The van der Waals surface area contributed by atoms with Crippen LogP contribution < -0.4 is 9.47 Å². The smallest absolute Gasteiger partial charge is 0.343 e. The maximum Gasteiger partial charge on any atom is 0.343 e. The predicted molar refractivity (Wildman–Crippen MR) is 85.9 cm³/mol. The van der Waals surface area contributed by atoms with Crippen molar-refractivity contribution in [1.29, 1.82) is 0 Å². The quantitative estimate of drug-likeness (QED) is 0.425. The lowest BCUT2D eigenvalue weighted by atomic mass is 10.2. The lowest BCUT2D eigenvalue weighted by molar-refractivity contribution is 0.0734. The minimum Gasteiger partial charge on any atom is -0.494 e. The van der Waals surface area contributed by atoms with Gasteiger partial charge in [0.25, 0.3) is 0 Å². The predicted octanol–water partition coefficient (Wildman–Crippen LogP) is 4.85. The second kappa shape index (κ2) is 7.84. The van der Waals surface area contributed by atoms with Crippen molar-refractivity contribution in [3.05, 3.63) is 58.6 Å². The molecule has 0 spiro atoms. The van der Waals surface area contributed by atoms with E-state index in [1.54, 1.807) is 48.5 Å². The van der Waals surface area contributed by atoms with Crippen LogP contribution in [0.4, 0.5) is 0 Å². The molecule has 2 aromatic rings. The van der Waals surface area contributed by atoms with Crippen molar-refractivity contribution in [2.45, 2.75) is 19.8 Å². The molecule has 0 unspecified atom stereocenters. The first-order valence-electron chi connectivity index (χ1n) is 6.89. The highest BCUT2D eigenvalue weighted by atomic mass is 79.9. The third-order valence-corrected chi connectivity index (χ3v) is 3.41. The van der Waals surface area contributed by atoms with E-state index in [0.717, 1.165) is 23.1 Å². The van der Waals surface area contributed by atoms with Crippen LogP contribution in [0.1, 0.15) is 30.1 Å². The van der Waals surface area contributed by atoms with Crippen molar-refractivity contribution in [1.82, 2.24) is 0 Å². The fourth-order valence-electron chi connectivity index (χ4n) is 1.69. The van der Waals surface area contributed by atoms with E-state index in [4.69, 9.17) is 9.47 Å². The number of esters is 1. The van der Waals surface area contributed by atoms with Gasteiger partial charge in [0.2, 0.25) is 0 Å². The zero-order valence-corrected chi connectivity index (χ0v) is 13.4. The summed E-state index contributed by atoms with van der Waals surface area (Å²) in [4.78, 5) is 12.0. The molecule has 2 aromatic carbocycles. The molecule has 0 radical (unpaired) electrons. The molecule has 0 aromatic heterocycles. The number of ether oxygens (including phenoxy) is 2. The molecule has 2 rings (SSSR count). The van der Waals surface area contributed by atoms with Gasteiger partial charge in [-0.25, -0.2) is 4.79 Å². The summed E-state index contributed by atoms with van der Waals surface area (Å²) in [5, 5.41) is 0. The second-order valence-electron chi connectivity index (χ2n) is 4.57. The summed E-state index contributed by atoms with van der Waals surface area (Å²) in [7, 11) is 0. The van der Waals surface area contributed by atoms with Gasteiger partial charge in [-0.2, -0.15) is 0 Å². The molecule has 0 amide bonds. The van der Waals surface area contributed by atoms with Gasteiger partial charge in [-0.3, -0.25) is 0 Å². The van der Waals surface area contributed by atoms with Gasteiger partial charge < -0.3 is 9.47 Å². The van der Waals surface area contributed by atoms with E-state index in [2.05, 4.69) is 22.9 Å². The first kappa shape index (κ1) is 15.6. The van der Waals surface area contributed by atoms with Crippen LogP contribution in [0.15, 0.2) is 53.0 Å². The summed E-state index contributed by atoms with van der Waals surface area (Å²) in [6.07, 6.45) is 2.13. The summed E-state index contributed by atoms with van der Waals surface area (Å²) < 4.78 is 11.8. The largest absolute Gasteiger partial charge is 0.494 e. The molecule has 110 valence electrons. The molecule has 0 fully saturated rings. The van der Waals surface area contributed by atoms with Gasteiger partial charge in [0, 0.05) is 4.47 Å². The Morgan fingerprint density at radius 1 is 1.00 bits per heavy atom. The zero-order chi connectivity index (χ0) is 15.1. The number of carbonyl (C=O) groups is 1. The van der Waals surface area contributed by atoms with Crippen molar-refractivity contribution >= 4 is 21.9 Å². The van der Waals surface area contributed by atoms with Crippen molar-refractivity contribution < 1.29 is 14.3 Å². The minimum absolute atomic E-state index is 0.373. The van der Waals surface area contributed by atoms with Crippen LogP contribution in [0.25, 0.3) is 0 Å². The first-order valence-corrected chi connectivity index (χ1v) is 7.69. The lowest BCUT2D eigenvalue weighted by Gasteiger charge is -2.07. The van der Waals surface area contributed by atoms with Crippen LogP contribution in [-0.4, -0.2) is 12.6 Å². The summed E-state index contributed by atoms with van der Waals surface area (Å²) in [6, 6.07) is 14.1. The summed E-state index contributed by atoms with van der Waals surface area (Å²) >= 11 is 3.33. The molecular weight excluding hydrogens is 332 g/mol. The van der Waals surface area contributed by atoms with E-state index in [9.17, 15) is 4.79 Å². The number of benzene rings is 2. The number of hydrogen-bond donors (Lipinski definition) is 0. The average molecular weight is 349 g/mol. The highest BCUT2D eigenvalue weighted by molar-refractivity contribution is 9.10. The molecule has 4 heteroatoms. The van der Waals surface area contributed by atoms with Gasteiger partial charge in [0.1, 0.15) is 11.5 Å². The third kappa shape index (κ3) is 4.90. The molecule has 0 saturated heterocycles. The normalized spacial score (nSPS) is 10.2. The molecule has 0 aliphatic heterocycles. The molecule has 0 atom stereocenters. The summed E-state index contributed by atoms with van der Waals surface area (Å²) in [6.45, 7) is 2.82. The Morgan fingerprint density at radius 3 is 2.24 bits per heavy atom. The zero-order valence-electron chi connectivity index (χ0n) is 11.8. The van der Waals surface area contributed by atoms with Gasteiger partial charge >= 0.3 is 5.97 Å². The summed E-state index contributed by atoms with van der Waals surface area (Å²) in [5.41, 5.74) is 0.515. The van der Waals surface area contributed by atoms with Crippen LogP contribution in [0.3, 0.4) is 0 Å². The fourth-order valence-corrected chi connectivity index (χ4v) is 1.95. The second-order valence-corrected chi connectivity index (χ2v) is 5.49. The van der Waals surface area contributed by atoms with Gasteiger partial charge in [-0.15, -0.1) is 0 Å². The van der Waals surface area contributed by atoms with Gasteiger partial charge in [0.15, 0.2) is 0 Å². The highest BCUT2D eigenvalue weighted by Crippen LogP contribution is 2.19. The summed E-state index contributed by atoms with van der Waals surface area (Å²) in [5.74, 6) is 0.916. The molecule has 0 bridgehead atoms. The van der Waals surface area contributed by atoms with Crippen LogP contribution in [0.2, 0.25) is 0 Å². The van der Waals surface area contributed by atoms with E-state index in [-0.39, 0.29) is 5.97 Å². The molecule has 21 heavy (non-hydrogen) atoms. The van der Waals surface area contributed by atoms with Crippen molar-refractivity contribution in [3.63, 3.8) is 0 Å². The van der Waals surface area contributed by atoms with Crippen LogP contribution in [-0.2, 0) is 0 Å². The molecule has 0 heterocycles. The van der Waals surface area contributed by atoms with E-state index in [1.165, 1.54) is 0 Å². The maximum atomic E-state index is 12.0. The van der Waals surface area contributed by atoms with Crippen LogP contribution in [0.5, 0.6) is 11.5 Å². The molecule has 0 N–H and O–H groups in total. The number of unbranched alkanes of at least 4 members (excludes halogenated alkanes) is 1. The van der Waals surface area contributed by atoms with E-state index in [0.29, 0.717) is 17.9 Å². The topological polar surface area (TPSA) is 35.5 Å². The minimum atomic E-state index is -0.373. The van der Waals surface area contributed by atoms with Crippen molar-refractivity contribution in [2.24, 2.45) is 0 Å². The molecule has 3 nitrogen and oxygen atoms in total. The Morgan fingerprint density at radius 2 is 1.62 bits per heavy atom. The number of hydrogen-bond acceptors (Lipinski definition) is 3. The Bertz CT molecular complexity index is 576. The SMILES string of the molecule is CCCCOc1ccc(OC(=O)c2ccc(Br)cc2)cc1. The fraction of sp³-hybridized carbons (Fsp3) is 0.235. The van der Waals surface area contributed by atoms with Gasteiger partial charge in [-0.05, 0) is 55.0 Å². The Hall–Kier alpha value is -1.81. The van der Waals surface area contributed by atoms with E-state index >= 15 is 0 Å².